The van der Waals surface area contributed by atoms with Gasteiger partial charge < -0.3 is 4.74 Å². The van der Waals surface area contributed by atoms with Crippen molar-refractivity contribution in [1.82, 2.24) is 0 Å². The third-order valence-electron chi connectivity index (χ3n) is 2.59. The Morgan fingerprint density at radius 1 is 1.05 bits per heavy atom. The first-order valence-corrected chi connectivity index (χ1v) is 8.67. The first-order valence-electron chi connectivity index (χ1n) is 5.54. The third kappa shape index (κ3) is 3.60. The van der Waals surface area contributed by atoms with Gasteiger partial charge in [0.05, 0.1) is 9.37 Å². The van der Waals surface area contributed by atoms with Gasteiger partial charge in [0.2, 0.25) is 10.0 Å². The van der Waals surface area contributed by atoms with Crippen LogP contribution < -0.4 is 9.88 Å². The summed E-state index contributed by atoms with van der Waals surface area (Å²) < 4.78 is 29.8. The Hall–Kier alpha value is -0.890. The molecule has 0 bridgehead atoms. The molecular formula is C13H11Br2NO3S. The van der Waals surface area contributed by atoms with Crippen molar-refractivity contribution in [3.05, 3.63) is 50.9 Å². The van der Waals surface area contributed by atoms with Crippen molar-refractivity contribution >= 4 is 41.9 Å². The van der Waals surface area contributed by atoms with Gasteiger partial charge in [-0.05, 0) is 64.8 Å². The van der Waals surface area contributed by atoms with Crippen LogP contribution in [0.3, 0.4) is 0 Å². The van der Waals surface area contributed by atoms with E-state index in [-0.39, 0.29) is 4.90 Å². The molecule has 0 spiro atoms. The molecule has 0 amide bonds. The monoisotopic (exact) mass is 419 g/mol. The molecule has 106 valence electrons. The molecule has 7 heteroatoms. The van der Waals surface area contributed by atoms with Gasteiger partial charge in [-0.25, -0.2) is 13.6 Å². The van der Waals surface area contributed by atoms with Crippen molar-refractivity contribution in [2.45, 2.75) is 11.8 Å². The summed E-state index contributed by atoms with van der Waals surface area (Å²) in [6.07, 6.45) is 0. The molecule has 4 nitrogen and oxygen atoms in total. The van der Waals surface area contributed by atoms with Crippen molar-refractivity contribution in [2.75, 3.05) is 0 Å². The number of ether oxygens (including phenoxy) is 1. The van der Waals surface area contributed by atoms with Gasteiger partial charge in [0.15, 0.2) is 0 Å². The zero-order valence-electron chi connectivity index (χ0n) is 10.4. The average Bonchev–Trinajstić information content (AvgIpc) is 2.33. The number of primary sulfonamides is 1. The van der Waals surface area contributed by atoms with Crippen LogP contribution in [0.4, 0.5) is 0 Å². The van der Waals surface area contributed by atoms with Crippen LogP contribution in [0.5, 0.6) is 11.5 Å². The lowest BCUT2D eigenvalue weighted by atomic mass is 10.2. The number of hydrogen-bond donors (Lipinski definition) is 1. The summed E-state index contributed by atoms with van der Waals surface area (Å²) in [6.45, 7) is 1.92. The summed E-state index contributed by atoms with van der Waals surface area (Å²) in [6, 6.07) is 10.0. The molecule has 2 rings (SSSR count). The molecule has 0 unspecified atom stereocenters. The first kappa shape index (κ1) is 15.5. The van der Waals surface area contributed by atoms with Gasteiger partial charge in [-0.15, -0.1) is 0 Å². The fourth-order valence-corrected chi connectivity index (χ4v) is 3.21. The summed E-state index contributed by atoms with van der Waals surface area (Å²) >= 11 is 6.66. The Kier molecular flexibility index (Phi) is 4.53. The molecule has 0 saturated carbocycles. The normalized spacial score (nSPS) is 11.4. The lowest BCUT2D eigenvalue weighted by molar-refractivity contribution is 0.475. The molecular weight excluding hydrogens is 410 g/mol. The maximum atomic E-state index is 11.3. The van der Waals surface area contributed by atoms with Crippen molar-refractivity contribution < 1.29 is 13.2 Å². The number of aryl methyl sites for hydroxylation is 1. The minimum absolute atomic E-state index is 0.0317. The number of benzene rings is 2. The Balaban J connectivity index is 2.35. The predicted molar refractivity (Wildman–Crippen MR) is 84.5 cm³/mol. The SMILES string of the molecule is Cc1cc(Br)ccc1Oc1ccc(S(N)(=O)=O)cc1Br. The summed E-state index contributed by atoms with van der Waals surface area (Å²) in [5, 5.41) is 5.07. The smallest absolute Gasteiger partial charge is 0.238 e. The quantitative estimate of drug-likeness (QED) is 0.816. The van der Waals surface area contributed by atoms with E-state index in [9.17, 15) is 8.42 Å². The highest BCUT2D eigenvalue weighted by molar-refractivity contribution is 9.10. The van der Waals surface area contributed by atoms with E-state index in [1.54, 1.807) is 6.07 Å². The van der Waals surface area contributed by atoms with Gasteiger partial charge in [0.25, 0.3) is 0 Å². The molecule has 0 aromatic heterocycles. The predicted octanol–water partition coefficient (Wildman–Crippen LogP) is 3.96. The lowest BCUT2D eigenvalue weighted by Crippen LogP contribution is -2.11. The standard InChI is InChI=1S/C13H11Br2NO3S/c1-8-6-9(14)2-4-12(8)19-13-5-3-10(7-11(13)15)20(16,17)18/h2-7H,1H3,(H2,16,17,18). The molecule has 0 aliphatic heterocycles. The largest absolute Gasteiger partial charge is 0.456 e. The Bertz CT molecular complexity index is 760. The van der Waals surface area contributed by atoms with Gasteiger partial charge in [-0.1, -0.05) is 15.9 Å². The van der Waals surface area contributed by atoms with Gasteiger partial charge >= 0.3 is 0 Å². The maximum Gasteiger partial charge on any atom is 0.238 e. The summed E-state index contributed by atoms with van der Waals surface area (Å²) in [5.41, 5.74) is 0.960. The van der Waals surface area contributed by atoms with Crippen molar-refractivity contribution in [2.24, 2.45) is 5.14 Å². The molecule has 2 N–H and O–H groups in total. The van der Waals surface area contributed by atoms with Crippen LogP contribution >= 0.6 is 31.9 Å². The second kappa shape index (κ2) is 5.85. The Morgan fingerprint density at radius 3 is 2.25 bits per heavy atom. The highest BCUT2D eigenvalue weighted by atomic mass is 79.9. The van der Waals surface area contributed by atoms with Crippen LogP contribution in [0, 0.1) is 6.92 Å². The van der Waals surface area contributed by atoms with E-state index >= 15 is 0 Å². The van der Waals surface area contributed by atoms with E-state index in [4.69, 9.17) is 9.88 Å². The summed E-state index contributed by atoms with van der Waals surface area (Å²) in [7, 11) is -3.72. The van der Waals surface area contributed by atoms with E-state index in [0.717, 1.165) is 10.0 Å². The van der Waals surface area contributed by atoms with E-state index in [0.29, 0.717) is 16.0 Å². The van der Waals surface area contributed by atoms with E-state index < -0.39 is 10.0 Å². The zero-order valence-corrected chi connectivity index (χ0v) is 14.4. The highest BCUT2D eigenvalue weighted by Crippen LogP contribution is 2.33. The lowest BCUT2D eigenvalue weighted by Gasteiger charge is -2.11. The summed E-state index contributed by atoms with van der Waals surface area (Å²) in [4.78, 5) is 0.0317. The maximum absolute atomic E-state index is 11.3. The third-order valence-corrected chi connectivity index (χ3v) is 4.61. The molecule has 0 aliphatic carbocycles. The highest BCUT2D eigenvalue weighted by Gasteiger charge is 2.12. The molecule has 0 heterocycles. The molecule has 2 aromatic rings. The van der Waals surface area contributed by atoms with Crippen LogP contribution in [0.25, 0.3) is 0 Å². The van der Waals surface area contributed by atoms with E-state index in [2.05, 4.69) is 31.9 Å². The van der Waals surface area contributed by atoms with E-state index in [1.165, 1.54) is 12.1 Å². The second-order valence-corrected chi connectivity index (χ2v) is 7.48. The van der Waals surface area contributed by atoms with Crippen molar-refractivity contribution in [1.29, 1.82) is 0 Å². The average molecular weight is 421 g/mol. The van der Waals surface area contributed by atoms with Gasteiger partial charge in [-0.2, -0.15) is 0 Å². The molecule has 0 saturated heterocycles. The van der Waals surface area contributed by atoms with Gasteiger partial charge in [0.1, 0.15) is 11.5 Å². The van der Waals surface area contributed by atoms with Crippen LogP contribution in [0.2, 0.25) is 0 Å². The minimum atomic E-state index is -3.72. The van der Waals surface area contributed by atoms with Crippen LogP contribution in [0.1, 0.15) is 5.56 Å². The van der Waals surface area contributed by atoms with Crippen LogP contribution in [-0.2, 0) is 10.0 Å². The van der Waals surface area contributed by atoms with Gasteiger partial charge in [-0.3, -0.25) is 0 Å². The fraction of sp³-hybridized carbons (Fsp3) is 0.0769. The van der Waals surface area contributed by atoms with Crippen LogP contribution in [0.15, 0.2) is 50.2 Å². The molecule has 0 fully saturated rings. The molecule has 0 radical (unpaired) electrons. The number of halogens is 2. The van der Waals surface area contributed by atoms with Gasteiger partial charge in [0, 0.05) is 4.47 Å². The van der Waals surface area contributed by atoms with Crippen molar-refractivity contribution in [3.8, 4) is 11.5 Å². The number of sulfonamides is 1. The van der Waals surface area contributed by atoms with Crippen LogP contribution in [-0.4, -0.2) is 8.42 Å². The topological polar surface area (TPSA) is 69.4 Å². The zero-order chi connectivity index (χ0) is 14.9. The molecule has 0 atom stereocenters. The number of rotatable bonds is 3. The number of hydrogen-bond acceptors (Lipinski definition) is 3. The minimum Gasteiger partial charge on any atom is -0.456 e. The van der Waals surface area contributed by atoms with E-state index in [1.807, 2.05) is 25.1 Å². The van der Waals surface area contributed by atoms with Crippen molar-refractivity contribution in [3.63, 3.8) is 0 Å². The summed E-state index contributed by atoms with van der Waals surface area (Å²) in [5.74, 6) is 1.21. The fourth-order valence-electron chi connectivity index (χ4n) is 1.59. The molecule has 2 aromatic carbocycles. The molecule has 20 heavy (non-hydrogen) atoms. The Morgan fingerprint density at radius 2 is 1.70 bits per heavy atom. The molecule has 0 aliphatic rings. The first-order chi connectivity index (χ1) is 9.27. The number of nitrogens with two attached hydrogens (primary N) is 1. The second-order valence-electron chi connectivity index (χ2n) is 4.15. The Labute approximate surface area is 134 Å².